The average molecular weight is 303 g/mol. The van der Waals surface area contributed by atoms with Gasteiger partial charge in [0, 0.05) is 11.7 Å². The first-order valence-electron chi connectivity index (χ1n) is 6.77. The maximum Gasteiger partial charge on any atom is 0.231 e. The van der Waals surface area contributed by atoms with Crippen LogP contribution in [0.15, 0.2) is 11.1 Å². The predicted molar refractivity (Wildman–Crippen MR) is 82.7 cm³/mol. The number of Topliss-reactive ketones (excluding diaryl/α,β-unsaturated/α-hetero) is 1. The summed E-state index contributed by atoms with van der Waals surface area (Å²) in [6.45, 7) is 8.37. The molecule has 0 saturated carbocycles. The molecule has 1 unspecified atom stereocenters. The van der Waals surface area contributed by atoms with Gasteiger partial charge < -0.3 is 0 Å². The Balaban J connectivity index is 2.69. The minimum atomic E-state index is -0.349. The zero-order chi connectivity index (χ0) is 14.6. The van der Waals surface area contributed by atoms with Gasteiger partial charge >= 0.3 is 0 Å². The second-order valence-corrected chi connectivity index (χ2v) is 7.85. The van der Waals surface area contributed by atoms with Gasteiger partial charge in [-0.1, -0.05) is 26.3 Å². The lowest BCUT2D eigenvalue weighted by atomic mass is 9.70. The van der Waals surface area contributed by atoms with Crippen molar-refractivity contribution in [1.82, 2.24) is 0 Å². The van der Waals surface area contributed by atoms with Crippen LogP contribution in [0.25, 0.3) is 0 Å². The van der Waals surface area contributed by atoms with Crippen LogP contribution < -0.4 is 0 Å². The lowest BCUT2D eigenvalue weighted by molar-refractivity contribution is -0.116. The zero-order valence-corrected chi connectivity index (χ0v) is 13.8. The minimum absolute atomic E-state index is 0.00783. The first kappa shape index (κ1) is 16.8. The van der Waals surface area contributed by atoms with Crippen LogP contribution in [0.5, 0.6) is 0 Å². The van der Waals surface area contributed by atoms with Crippen molar-refractivity contribution in [2.75, 3.05) is 5.75 Å². The van der Waals surface area contributed by atoms with E-state index in [1.54, 1.807) is 0 Å². The zero-order valence-electron chi connectivity index (χ0n) is 12.2. The number of hydrogen-bond acceptors (Lipinski definition) is 3. The summed E-state index contributed by atoms with van der Waals surface area (Å²) < 4.78 is 0. The molecule has 0 aromatic rings. The van der Waals surface area contributed by atoms with Gasteiger partial charge in [-0.05, 0) is 48.8 Å². The van der Waals surface area contributed by atoms with Crippen LogP contribution in [0.3, 0.4) is 0 Å². The van der Waals surface area contributed by atoms with Crippen LogP contribution in [-0.4, -0.2) is 22.0 Å². The average Bonchev–Trinajstić information content (AvgIpc) is 2.24. The number of allylic oxidation sites excluding steroid dienone is 2. The van der Waals surface area contributed by atoms with Gasteiger partial charge in [-0.3, -0.25) is 9.59 Å². The second kappa shape index (κ2) is 6.94. The Morgan fingerprint density at radius 1 is 1.42 bits per heavy atom. The van der Waals surface area contributed by atoms with Gasteiger partial charge in [0.15, 0.2) is 5.78 Å². The highest BCUT2D eigenvalue weighted by Crippen LogP contribution is 2.41. The Hall–Kier alpha value is -0.280. The maximum atomic E-state index is 12.5. The summed E-state index contributed by atoms with van der Waals surface area (Å²) in [7, 11) is 0. The largest absolute Gasteiger partial charge is 0.294 e. The van der Waals surface area contributed by atoms with Crippen molar-refractivity contribution in [2.45, 2.75) is 58.6 Å². The molecule has 1 rings (SSSR count). The van der Waals surface area contributed by atoms with E-state index in [2.05, 4.69) is 20.8 Å². The lowest BCUT2D eigenvalue weighted by Gasteiger charge is -2.34. The molecular formula is C15H23ClO2S. The molecule has 0 fully saturated rings. The summed E-state index contributed by atoms with van der Waals surface area (Å²) >= 11 is 6.77. The predicted octanol–water partition coefficient (Wildman–Crippen LogP) is 4.36. The topological polar surface area (TPSA) is 34.1 Å². The van der Waals surface area contributed by atoms with Crippen LogP contribution >= 0.6 is 23.4 Å². The maximum absolute atomic E-state index is 12.5. The molecule has 19 heavy (non-hydrogen) atoms. The molecule has 0 saturated heterocycles. The number of thioether (sulfide) groups is 1. The van der Waals surface area contributed by atoms with Crippen LogP contribution in [0.2, 0.25) is 0 Å². The number of rotatable bonds is 6. The van der Waals surface area contributed by atoms with Crippen LogP contribution in [0.1, 0.15) is 53.4 Å². The van der Waals surface area contributed by atoms with Gasteiger partial charge in [-0.15, -0.1) is 11.8 Å². The smallest absolute Gasteiger partial charge is 0.231 e. The van der Waals surface area contributed by atoms with Gasteiger partial charge in [-0.2, -0.15) is 0 Å². The van der Waals surface area contributed by atoms with Crippen molar-refractivity contribution in [2.24, 2.45) is 5.41 Å². The van der Waals surface area contributed by atoms with E-state index in [0.717, 1.165) is 18.4 Å². The molecular weight excluding hydrogens is 280 g/mol. The normalized spacial score (nSPS) is 20.3. The third-order valence-corrected chi connectivity index (χ3v) is 5.15. The summed E-state index contributed by atoms with van der Waals surface area (Å²) in [5.74, 6) is 0.515. The minimum Gasteiger partial charge on any atom is -0.294 e. The van der Waals surface area contributed by atoms with Gasteiger partial charge in [0.1, 0.15) is 0 Å². The Morgan fingerprint density at radius 3 is 2.58 bits per heavy atom. The van der Waals surface area contributed by atoms with Crippen molar-refractivity contribution in [3.05, 3.63) is 11.1 Å². The van der Waals surface area contributed by atoms with E-state index >= 15 is 0 Å². The molecule has 1 atom stereocenters. The van der Waals surface area contributed by atoms with Gasteiger partial charge in [0.25, 0.3) is 0 Å². The molecule has 0 heterocycles. The van der Waals surface area contributed by atoms with Gasteiger partial charge in [0.2, 0.25) is 5.24 Å². The SMILES string of the molecule is CC1=C(C(=O)CC(C)SCC(=O)Cl)C(C)(C)CCC1. The Kier molecular flexibility index (Phi) is 6.13. The second-order valence-electron chi connectivity index (χ2n) is 6.00. The molecule has 2 nitrogen and oxygen atoms in total. The highest BCUT2D eigenvalue weighted by atomic mass is 35.5. The monoisotopic (exact) mass is 302 g/mol. The van der Waals surface area contributed by atoms with Crippen LogP contribution in [-0.2, 0) is 9.59 Å². The van der Waals surface area contributed by atoms with Crippen molar-refractivity contribution >= 4 is 34.4 Å². The molecule has 0 N–H and O–H groups in total. The molecule has 0 amide bonds. The summed E-state index contributed by atoms with van der Waals surface area (Å²) in [5, 5.41) is -0.217. The Bertz CT molecular complexity index is 399. The number of hydrogen-bond donors (Lipinski definition) is 0. The standard InChI is InChI=1S/C15H23ClO2S/c1-10-6-5-7-15(3,4)14(10)12(17)8-11(2)19-9-13(16)18/h11H,5-9H2,1-4H3. The fourth-order valence-electron chi connectivity index (χ4n) is 2.87. The summed E-state index contributed by atoms with van der Waals surface area (Å²) in [5.41, 5.74) is 2.25. The molecule has 0 bridgehead atoms. The molecule has 108 valence electrons. The molecule has 4 heteroatoms. The molecule has 0 aliphatic heterocycles. The van der Waals surface area contributed by atoms with E-state index in [9.17, 15) is 9.59 Å². The van der Waals surface area contributed by atoms with Crippen LogP contribution in [0.4, 0.5) is 0 Å². The molecule has 0 spiro atoms. The van der Waals surface area contributed by atoms with Crippen molar-refractivity contribution in [3.63, 3.8) is 0 Å². The number of halogens is 1. The number of carbonyl (C=O) groups is 2. The van der Waals surface area contributed by atoms with Crippen molar-refractivity contribution < 1.29 is 9.59 Å². The van der Waals surface area contributed by atoms with Crippen molar-refractivity contribution in [1.29, 1.82) is 0 Å². The fraction of sp³-hybridized carbons (Fsp3) is 0.733. The molecule has 0 aromatic heterocycles. The van der Waals surface area contributed by atoms with E-state index in [4.69, 9.17) is 11.6 Å². The molecule has 0 aromatic carbocycles. The highest BCUT2D eigenvalue weighted by Gasteiger charge is 2.33. The molecule has 1 aliphatic rings. The van der Waals surface area contributed by atoms with Gasteiger partial charge in [0.05, 0.1) is 5.75 Å². The van der Waals surface area contributed by atoms with E-state index in [-0.39, 0.29) is 27.4 Å². The van der Waals surface area contributed by atoms with E-state index in [1.807, 2.05) is 6.92 Å². The molecule has 1 aliphatic carbocycles. The van der Waals surface area contributed by atoms with Crippen molar-refractivity contribution in [3.8, 4) is 0 Å². The third-order valence-electron chi connectivity index (χ3n) is 3.69. The number of carbonyl (C=O) groups excluding carboxylic acids is 2. The lowest BCUT2D eigenvalue weighted by Crippen LogP contribution is -2.27. The van der Waals surface area contributed by atoms with E-state index in [1.165, 1.54) is 23.8 Å². The summed E-state index contributed by atoms with van der Waals surface area (Å²) in [4.78, 5) is 23.2. The van der Waals surface area contributed by atoms with E-state index in [0.29, 0.717) is 6.42 Å². The summed E-state index contributed by atoms with van der Waals surface area (Å²) in [6.07, 6.45) is 3.77. The summed E-state index contributed by atoms with van der Waals surface area (Å²) in [6, 6.07) is 0. The fourth-order valence-corrected chi connectivity index (χ4v) is 3.74. The first-order valence-corrected chi connectivity index (χ1v) is 8.20. The van der Waals surface area contributed by atoms with Crippen LogP contribution in [0, 0.1) is 5.41 Å². The third kappa shape index (κ3) is 4.96. The number of ketones is 1. The Morgan fingerprint density at radius 2 is 2.05 bits per heavy atom. The highest BCUT2D eigenvalue weighted by molar-refractivity contribution is 8.00. The first-order chi connectivity index (χ1) is 8.74. The molecule has 0 radical (unpaired) electrons. The Labute approximate surface area is 125 Å². The van der Waals surface area contributed by atoms with Gasteiger partial charge in [-0.25, -0.2) is 0 Å². The quantitative estimate of drug-likeness (QED) is 0.684. The van der Waals surface area contributed by atoms with E-state index < -0.39 is 0 Å².